The van der Waals surface area contributed by atoms with Crippen LogP contribution < -0.4 is 10.5 Å². The number of nitrogens with zero attached hydrogens (tertiary/aromatic N) is 2. The minimum Gasteiger partial charge on any atom is -0.487 e. The average molecular weight is 231 g/mol. The van der Waals surface area contributed by atoms with Crippen molar-refractivity contribution in [3.05, 3.63) is 41.1 Å². The molecule has 2 rings (SSSR count). The molecule has 2 N–H and O–H groups in total. The van der Waals surface area contributed by atoms with E-state index in [1.807, 2.05) is 32.2 Å². The standard InChI is InChI=1S/C13H17N3O/c1-9-4-5-12(10(2)6-9)17-8-11-7-13(14)15-16(11)3/h4-7H,8H2,1-3H3,(H2,14,15). The van der Waals surface area contributed by atoms with Gasteiger partial charge in [-0.2, -0.15) is 5.10 Å². The molecule has 0 spiro atoms. The Morgan fingerprint density at radius 2 is 2.06 bits per heavy atom. The van der Waals surface area contributed by atoms with Gasteiger partial charge in [0.2, 0.25) is 0 Å². The molecule has 2 aromatic rings. The number of aromatic nitrogens is 2. The second-order valence-electron chi connectivity index (χ2n) is 4.24. The number of ether oxygens (including phenoxy) is 1. The average Bonchev–Trinajstić information content (AvgIpc) is 2.56. The molecule has 90 valence electrons. The lowest BCUT2D eigenvalue weighted by Crippen LogP contribution is -2.03. The van der Waals surface area contributed by atoms with Crippen molar-refractivity contribution in [2.24, 2.45) is 7.05 Å². The molecular formula is C13H17N3O. The fourth-order valence-electron chi connectivity index (χ4n) is 1.78. The monoisotopic (exact) mass is 231 g/mol. The molecule has 0 atom stereocenters. The minimum atomic E-state index is 0.477. The zero-order chi connectivity index (χ0) is 12.4. The molecule has 0 radical (unpaired) electrons. The van der Waals surface area contributed by atoms with E-state index >= 15 is 0 Å². The number of rotatable bonds is 3. The number of hydrogen-bond acceptors (Lipinski definition) is 3. The summed E-state index contributed by atoms with van der Waals surface area (Å²) < 4.78 is 7.49. The molecule has 4 heteroatoms. The lowest BCUT2D eigenvalue weighted by molar-refractivity contribution is 0.293. The van der Waals surface area contributed by atoms with Crippen molar-refractivity contribution in [1.29, 1.82) is 0 Å². The molecule has 0 bridgehead atoms. The van der Waals surface area contributed by atoms with Gasteiger partial charge in [0.05, 0.1) is 5.69 Å². The van der Waals surface area contributed by atoms with Crippen LogP contribution in [0.5, 0.6) is 5.75 Å². The van der Waals surface area contributed by atoms with Crippen LogP contribution in [0.3, 0.4) is 0 Å². The number of nitrogen functional groups attached to an aromatic ring is 1. The van der Waals surface area contributed by atoms with E-state index in [0.717, 1.165) is 17.0 Å². The molecule has 1 aromatic heterocycles. The molecule has 0 fully saturated rings. The fourth-order valence-corrected chi connectivity index (χ4v) is 1.78. The molecule has 0 aliphatic heterocycles. The van der Waals surface area contributed by atoms with Crippen molar-refractivity contribution in [3.63, 3.8) is 0 Å². The quantitative estimate of drug-likeness (QED) is 0.881. The van der Waals surface area contributed by atoms with Gasteiger partial charge in [-0.05, 0) is 25.5 Å². The predicted molar refractivity (Wildman–Crippen MR) is 67.9 cm³/mol. The first-order chi connectivity index (χ1) is 8.06. The normalized spacial score (nSPS) is 10.5. The molecular weight excluding hydrogens is 214 g/mol. The molecule has 1 heterocycles. The van der Waals surface area contributed by atoms with E-state index in [4.69, 9.17) is 10.5 Å². The zero-order valence-corrected chi connectivity index (χ0v) is 10.4. The minimum absolute atomic E-state index is 0.477. The molecule has 1 aromatic carbocycles. The first-order valence-corrected chi connectivity index (χ1v) is 5.54. The van der Waals surface area contributed by atoms with Crippen LogP contribution in [0.2, 0.25) is 0 Å². The Morgan fingerprint density at radius 1 is 1.29 bits per heavy atom. The van der Waals surface area contributed by atoms with Gasteiger partial charge in [-0.1, -0.05) is 17.7 Å². The summed E-state index contributed by atoms with van der Waals surface area (Å²) >= 11 is 0. The van der Waals surface area contributed by atoms with Crippen molar-refractivity contribution in [2.45, 2.75) is 20.5 Å². The highest BCUT2D eigenvalue weighted by Crippen LogP contribution is 2.20. The van der Waals surface area contributed by atoms with Crippen molar-refractivity contribution in [2.75, 3.05) is 5.73 Å². The zero-order valence-electron chi connectivity index (χ0n) is 10.4. The van der Waals surface area contributed by atoms with Gasteiger partial charge in [0.1, 0.15) is 18.2 Å². The third kappa shape index (κ3) is 2.58. The summed E-state index contributed by atoms with van der Waals surface area (Å²) in [4.78, 5) is 0. The van der Waals surface area contributed by atoms with Crippen LogP contribution in [0.4, 0.5) is 5.82 Å². The predicted octanol–water partition coefficient (Wildman–Crippen LogP) is 2.20. The molecule has 0 saturated heterocycles. The fraction of sp³-hybridized carbons (Fsp3) is 0.308. The number of aryl methyl sites for hydroxylation is 3. The maximum Gasteiger partial charge on any atom is 0.145 e. The topological polar surface area (TPSA) is 53.1 Å². The van der Waals surface area contributed by atoms with E-state index in [1.165, 1.54) is 5.56 Å². The van der Waals surface area contributed by atoms with E-state index in [-0.39, 0.29) is 0 Å². The Labute approximate surface area is 101 Å². The smallest absolute Gasteiger partial charge is 0.145 e. The summed E-state index contributed by atoms with van der Waals surface area (Å²) in [5.74, 6) is 1.42. The van der Waals surface area contributed by atoms with Crippen LogP contribution in [0.1, 0.15) is 16.8 Å². The van der Waals surface area contributed by atoms with Crippen LogP contribution in [0.15, 0.2) is 24.3 Å². The molecule has 0 saturated carbocycles. The van der Waals surface area contributed by atoms with E-state index in [2.05, 4.69) is 18.1 Å². The second kappa shape index (κ2) is 4.49. The van der Waals surface area contributed by atoms with Gasteiger partial charge < -0.3 is 10.5 Å². The van der Waals surface area contributed by atoms with Crippen LogP contribution >= 0.6 is 0 Å². The highest BCUT2D eigenvalue weighted by Gasteiger charge is 2.05. The van der Waals surface area contributed by atoms with Gasteiger partial charge in [0.25, 0.3) is 0 Å². The summed E-state index contributed by atoms with van der Waals surface area (Å²) in [5.41, 5.74) is 8.95. The van der Waals surface area contributed by atoms with Gasteiger partial charge in [0.15, 0.2) is 0 Å². The van der Waals surface area contributed by atoms with E-state index in [0.29, 0.717) is 12.4 Å². The van der Waals surface area contributed by atoms with Crippen molar-refractivity contribution in [3.8, 4) is 5.75 Å². The number of nitrogens with two attached hydrogens (primary N) is 1. The number of hydrogen-bond donors (Lipinski definition) is 1. The van der Waals surface area contributed by atoms with Crippen LogP contribution in [-0.4, -0.2) is 9.78 Å². The van der Waals surface area contributed by atoms with Gasteiger partial charge >= 0.3 is 0 Å². The van der Waals surface area contributed by atoms with E-state index in [9.17, 15) is 0 Å². The Hall–Kier alpha value is -1.97. The highest BCUT2D eigenvalue weighted by atomic mass is 16.5. The third-order valence-electron chi connectivity index (χ3n) is 2.70. The summed E-state index contributed by atoms with van der Waals surface area (Å²) in [6.45, 7) is 4.59. The SMILES string of the molecule is Cc1ccc(OCc2cc(N)nn2C)c(C)c1. The lowest BCUT2D eigenvalue weighted by Gasteiger charge is -2.09. The molecule has 0 unspecified atom stereocenters. The number of anilines is 1. The van der Waals surface area contributed by atoms with Gasteiger partial charge in [0, 0.05) is 13.1 Å². The first kappa shape index (κ1) is 11.5. The van der Waals surface area contributed by atoms with Crippen molar-refractivity contribution >= 4 is 5.82 Å². The molecule has 0 aliphatic rings. The molecule has 17 heavy (non-hydrogen) atoms. The van der Waals surface area contributed by atoms with Gasteiger partial charge in [-0.25, -0.2) is 0 Å². The van der Waals surface area contributed by atoms with Crippen LogP contribution in [0, 0.1) is 13.8 Å². The maximum atomic E-state index is 5.76. The second-order valence-corrected chi connectivity index (χ2v) is 4.24. The lowest BCUT2D eigenvalue weighted by atomic mass is 10.1. The summed E-state index contributed by atoms with van der Waals surface area (Å²) in [5, 5.41) is 4.07. The Kier molecular flexibility index (Phi) is 3.04. The Balaban J connectivity index is 2.10. The van der Waals surface area contributed by atoms with Crippen molar-refractivity contribution in [1.82, 2.24) is 9.78 Å². The summed E-state index contributed by atoms with van der Waals surface area (Å²) in [6, 6.07) is 7.96. The molecule has 0 aliphatic carbocycles. The van der Waals surface area contributed by atoms with E-state index < -0.39 is 0 Å². The third-order valence-corrected chi connectivity index (χ3v) is 2.70. The Morgan fingerprint density at radius 3 is 2.65 bits per heavy atom. The maximum absolute atomic E-state index is 5.76. The van der Waals surface area contributed by atoms with E-state index in [1.54, 1.807) is 4.68 Å². The Bertz CT molecular complexity index is 531. The first-order valence-electron chi connectivity index (χ1n) is 5.54. The van der Waals surface area contributed by atoms with Gasteiger partial charge in [-0.3, -0.25) is 4.68 Å². The largest absolute Gasteiger partial charge is 0.487 e. The van der Waals surface area contributed by atoms with Gasteiger partial charge in [-0.15, -0.1) is 0 Å². The van der Waals surface area contributed by atoms with Crippen LogP contribution in [-0.2, 0) is 13.7 Å². The van der Waals surface area contributed by atoms with Crippen molar-refractivity contribution < 1.29 is 4.74 Å². The summed E-state index contributed by atoms with van der Waals surface area (Å²) in [6.07, 6.45) is 0. The molecule has 0 amide bonds. The number of benzene rings is 1. The van der Waals surface area contributed by atoms with Crippen LogP contribution in [0.25, 0.3) is 0 Å². The molecule has 4 nitrogen and oxygen atoms in total. The summed E-state index contributed by atoms with van der Waals surface area (Å²) in [7, 11) is 1.86. The highest BCUT2D eigenvalue weighted by molar-refractivity contribution is 5.36.